The highest BCUT2D eigenvalue weighted by Crippen LogP contribution is 2.22. The molecule has 0 aliphatic heterocycles. The van der Waals surface area contributed by atoms with Crippen LogP contribution < -0.4 is 5.32 Å². The predicted molar refractivity (Wildman–Crippen MR) is 38.0 cm³/mol. The van der Waals surface area contributed by atoms with E-state index in [1.165, 1.54) is 0 Å². The summed E-state index contributed by atoms with van der Waals surface area (Å²) in [7, 11) is 0. The summed E-state index contributed by atoms with van der Waals surface area (Å²) in [4.78, 5) is 0. The number of hydrogen-bond donors (Lipinski definition) is 1. The van der Waals surface area contributed by atoms with Gasteiger partial charge in [-0.25, -0.2) is 0 Å². The van der Waals surface area contributed by atoms with Crippen molar-refractivity contribution in [2.24, 2.45) is 0 Å². The van der Waals surface area contributed by atoms with Crippen molar-refractivity contribution in [2.75, 3.05) is 6.54 Å². The molecule has 0 aromatic carbocycles. The van der Waals surface area contributed by atoms with Crippen LogP contribution >= 0.6 is 0 Å². The van der Waals surface area contributed by atoms with Crippen LogP contribution in [0.3, 0.4) is 0 Å². The van der Waals surface area contributed by atoms with Crippen LogP contribution in [-0.4, -0.2) is 12.7 Å². The first-order valence-electron chi connectivity index (χ1n) is 3.16. The predicted octanol–water partition coefficient (Wildman–Crippen LogP) is 2.23. The zero-order chi connectivity index (χ0) is 8.91. The Labute approximate surface area is 63.6 Å². The van der Waals surface area contributed by atoms with Crippen LogP contribution in [0.2, 0.25) is 0 Å². The molecule has 0 rings (SSSR count). The zero-order valence-electron chi connectivity index (χ0n) is 6.20. The lowest BCUT2D eigenvalue weighted by molar-refractivity contribution is -0.0965. The van der Waals surface area contributed by atoms with E-state index in [-0.39, 0.29) is 6.54 Å². The van der Waals surface area contributed by atoms with Gasteiger partial charge in [0.2, 0.25) is 0 Å². The summed E-state index contributed by atoms with van der Waals surface area (Å²) < 4.78 is 35.7. The van der Waals surface area contributed by atoms with Crippen LogP contribution in [0.4, 0.5) is 13.2 Å². The summed E-state index contributed by atoms with van der Waals surface area (Å²) in [6.45, 7) is 5.03. The summed E-state index contributed by atoms with van der Waals surface area (Å²) in [6, 6.07) is 0. The Kier molecular flexibility index (Phi) is 3.71. The molecule has 0 bridgehead atoms. The van der Waals surface area contributed by atoms with E-state index in [4.69, 9.17) is 0 Å². The van der Waals surface area contributed by atoms with E-state index >= 15 is 0 Å². The summed E-state index contributed by atoms with van der Waals surface area (Å²) in [5.41, 5.74) is -0.755. The van der Waals surface area contributed by atoms with Crippen molar-refractivity contribution in [3.05, 3.63) is 24.4 Å². The Bertz CT molecular complexity index is 158. The van der Waals surface area contributed by atoms with Gasteiger partial charge in [-0.1, -0.05) is 12.7 Å². The first kappa shape index (κ1) is 10.1. The van der Waals surface area contributed by atoms with Crippen LogP contribution in [0, 0.1) is 0 Å². The molecule has 0 aliphatic carbocycles. The largest absolute Gasteiger partial charge is 0.430 e. The second-order valence-electron chi connectivity index (χ2n) is 1.84. The first-order valence-corrected chi connectivity index (χ1v) is 3.16. The monoisotopic (exact) mass is 165 g/mol. The van der Waals surface area contributed by atoms with Gasteiger partial charge in [0.05, 0.1) is 0 Å². The lowest BCUT2D eigenvalue weighted by Gasteiger charge is -2.11. The average molecular weight is 165 g/mol. The second-order valence-corrected chi connectivity index (χ2v) is 1.84. The Balaban J connectivity index is 4.34. The summed E-state index contributed by atoms with van der Waals surface area (Å²) in [6.07, 6.45) is -2.29. The van der Waals surface area contributed by atoms with Gasteiger partial charge in [-0.05, 0) is 13.0 Å². The molecule has 64 valence electrons. The van der Waals surface area contributed by atoms with E-state index < -0.39 is 11.9 Å². The van der Waals surface area contributed by atoms with Crippen molar-refractivity contribution in [2.45, 2.75) is 13.1 Å². The van der Waals surface area contributed by atoms with Gasteiger partial charge in [0.1, 0.15) is 5.70 Å². The molecule has 4 heteroatoms. The van der Waals surface area contributed by atoms with Crippen molar-refractivity contribution in [1.29, 1.82) is 0 Å². The molecule has 0 unspecified atom stereocenters. The maximum Gasteiger partial charge on any atom is 0.430 e. The minimum absolute atomic E-state index is 0.249. The highest BCUT2D eigenvalue weighted by atomic mass is 19.4. The molecular formula is C7H10F3N. The molecular weight excluding hydrogens is 155 g/mol. The number of rotatable bonds is 3. The molecule has 0 saturated heterocycles. The average Bonchev–Trinajstić information content (AvgIpc) is 1.85. The van der Waals surface area contributed by atoms with Crippen molar-refractivity contribution in [1.82, 2.24) is 5.32 Å². The topological polar surface area (TPSA) is 12.0 Å². The highest BCUT2D eigenvalue weighted by Gasteiger charge is 2.32. The maximum atomic E-state index is 11.9. The van der Waals surface area contributed by atoms with E-state index in [0.29, 0.717) is 0 Å². The third-order valence-corrected chi connectivity index (χ3v) is 0.957. The fourth-order valence-corrected chi connectivity index (χ4v) is 0.562. The third kappa shape index (κ3) is 3.70. The van der Waals surface area contributed by atoms with Gasteiger partial charge >= 0.3 is 6.18 Å². The van der Waals surface area contributed by atoms with Gasteiger partial charge < -0.3 is 5.32 Å². The highest BCUT2D eigenvalue weighted by molar-refractivity contribution is 5.13. The summed E-state index contributed by atoms with van der Waals surface area (Å²) >= 11 is 0. The normalized spacial score (nSPS) is 12.9. The van der Waals surface area contributed by atoms with E-state index in [2.05, 4.69) is 11.9 Å². The first-order chi connectivity index (χ1) is 5.02. The smallest absolute Gasteiger partial charge is 0.381 e. The maximum absolute atomic E-state index is 11.9. The van der Waals surface area contributed by atoms with Gasteiger partial charge in [0, 0.05) is 6.54 Å². The quantitative estimate of drug-likeness (QED) is 0.632. The molecule has 0 aliphatic rings. The lowest BCUT2D eigenvalue weighted by atomic mass is 10.3. The number of nitrogens with one attached hydrogen (secondary N) is 1. The van der Waals surface area contributed by atoms with Gasteiger partial charge in [-0.3, -0.25) is 0 Å². The Morgan fingerprint density at radius 1 is 1.55 bits per heavy atom. The molecule has 0 atom stereocenters. The van der Waals surface area contributed by atoms with Crippen LogP contribution in [0.5, 0.6) is 0 Å². The van der Waals surface area contributed by atoms with Crippen molar-refractivity contribution in [3.63, 3.8) is 0 Å². The minimum atomic E-state index is -4.30. The number of hydrogen-bond acceptors (Lipinski definition) is 1. The molecule has 0 fully saturated rings. The van der Waals surface area contributed by atoms with E-state index in [1.807, 2.05) is 0 Å². The van der Waals surface area contributed by atoms with Crippen molar-refractivity contribution < 1.29 is 13.2 Å². The fourth-order valence-electron chi connectivity index (χ4n) is 0.562. The molecule has 0 aromatic rings. The SMILES string of the molecule is C=C/C=C(\NCC)C(F)(F)F. The molecule has 0 saturated carbocycles. The molecule has 11 heavy (non-hydrogen) atoms. The summed E-state index contributed by atoms with van der Waals surface area (Å²) in [5.74, 6) is 0. The second kappa shape index (κ2) is 4.05. The van der Waals surface area contributed by atoms with E-state index in [1.54, 1.807) is 6.92 Å². The van der Waals surface area contributed by atoms with Crippen molar-refractivity contribution >= 4 is 0 Å². The Hall–Kier alpha value is -0.930. The molecule has 0 spiro atoms. The van der Waals surface area contributed by atoms with Crippen molar-refractivity contribution in [3.8, 4) is 0 Å². The van der Waals surface area contributed by atoms with Gasteiger partial charge in [0.15, 0.2) is 0 Å². The number of alkyl halides is 3. The van der Waals surface area contributed by atoms with Crippen LogP contribution in [0.25, 0.3) is 0 Å². The van der Waals surface area contributed by atoms with Crippen LogP contribution in [0.15, 0.2) is 24.4 Å². The molecule has 0 amide bonds. The molecule has 1 N–H and O–H groups in total. The molecule has 1 nitrogen and oxygen atoms in total. The third-order valence-electron chi connectivity index (χ3n) is 0.957. The lowest BCUT2D eigenvalue weighted by Crippen LogP contribution is -2.25. The Morgan fingerprint density at radius 3 is 2.36 bits per heavy atom. The zero-order valence-corrected chi connectivity index (χ0v) is 6.20. The van der Waals surface area contributed by atoms with Crippen LogP contribution in [0.1, 0.15) is 6.92 Å². The van der Waals surface area contributed by atoms with Crippen LogP contribution in [-0.2, 0) is 0 Å². The van der Waals surface area contributed by atoms with E-state index in [9.17, 15) is 13.2 Å². The minimum Gasteiger partial charge on any atom is -0.381 e. The van der Waals surface area contributed by atoms with Gasteiger partial charge in [-0.2, -0.15) is 13.2 Å². The Morgan fingerprint density at radius 2 is 2.09 bits per heavy atom. The standard InChI is InChI=1S/C7H10F3N/c1-3-5-6(11-4-2)7(8,9)10/h3,5,11H,1,4H2,2H3/b6-5-. The van der Waals surface area contributed by atoms with E-state index in [0.717, 1.165) is 12.2 Å². The number of allylic oxidation sites excluding steroid dienone is 3. The van der Waals surface area contributed by atoms with Gasteiger partial charge in [-0.15, -0.1) is 0 Å². The molecule has 0 aromatic heterocycles. The molecule has 0 heterocycles. The number of halogens is 3. The fraction of sp³-hybridized carbons (Fsp3) is 0.429. The molecule has 0 radical (unpaired) electrons. The van der Waals surface area contributed by atoms with Gasteiger partial charge in [0.25, 0.3) is 0 Å². The summed E-state index contributed by atoms with van der Waals surface area (Å²) in [5, 5.41) is 2.19.